The molecule has 1 aromatic carbocycles. The van der Waals surface area contributed by atoms with Gasteiger partial charge >= 0.3 is 0 Å². The van der Waals surface area contributed by atoms with Gasteiger partial charge < -0.3 is 0 Å². The van der Waals surface area contributed by atoms with Crippen LogP contribution in [0.4, 0.5) is 0 Å². The molecule has 0 aliphatic heterocycles. The van der Waals surface area contributed by atoms with Crippen molar-refractivity contribution >= 4 is 11.3 Å². The Hall–Kier alpha value is -1.37. The molecule has 0 N–H and O–H groups in total. The number of benzene rings is 1. The van der Waals surface area contributed by atoms with Crippen molar-refractivity contribution in [2.45, 2.75) is 33.6 Å². The Morgan fingerprint density at radius 3 is 2.69 bits per heavy atom. The summed E-state index contributed by atoms with van der Waals surface area (Å²) in [6, 6.07) is 8.77. The smallest absolute Gasteiger partial charge is 0.0316 e. The summed E-state index contributed by atoms with van der Waals surface area (Å²) in [4.78, 5) is 4.15. The summed E-state index contributed by atoms with van der Waals surface area (Å²) in [5.41, 5.74) is 5.06. The van der Waals surface area contributed by atoms with Crippen LogP contribution in [-0.4, -0.2) is 12.8 Å². The lowest BCUT2D eigenvalue weighted by molar-refractivity contribution is 0.921. The minimum Gasteiger partial charge on any atom is -0.293 e. The zero-order valence-electron chi connectivity index (χ0n) is 10.7. The van der Waals surface area contributed by atoms with Crippen LogP contribution in [0.15, 0.2) is 35.3 Å². The van der Waals surface area contributed by atoms with Crippen molar-refractivity contribution in [2.75, 3.05) is 7.05 Å². The lowest BCUT2D eigenvalue weighted by Crippen LogP contribution is -1.89. The molecule has 1 heteroatoms. The molecule has 16 heavy (non-hydrogen) atoms. The Morgan fingerprint density at radius 2 is 2.06 bits per heavy atom. The second-order valence-corrected chi connectivity index (χ2v) is 4.14. The Balaban J connectivity index is 2.95. The summed E-state index contributed by atoms with van der Waals surface area (Å²) in [6.45, 7) is 6.38. The zero-order chi connectivity index (χ0) is 12.0. The van der Waals surface area contributed by atoms with Gasteiger partial charge in [0.05, 0.1) is 0 Å². The molecule has 1 rings (SSSR count). The van der Waals surface area contributed by atoms with Crippen LogP contribution in [0.2, 0.25) is 0 Å². The molecule has 0 saturated heterocycles. The van der Waals surface area contributed by atoms with Crippen molar-refractivity contribution in [3.8, 4) is 0 Å². The van der Waals surface area contributed by atoms with Crippen LogP contribution >= 0.6 is 0 Å². The summed E-state index contributed by atoms with van der Waals surface area (Å²) >= 11 is 0. The molecular formula is C15H21N. The first-order valence-corrected chi connectivity index (χ1v) is 5.88. The van der Waals surface area contributed by atoms with E-state index in [2.05, 4.69) is 49.2 Å². The highest BCUT2D eigenvalue weighted by Gasteiger charge is 1.98. The number of rotatable bonds is 4. The normalized spacial score (nSPS) is 13.0. The average molecular weight is 215 g/mol. The fraction of sp³-hybridized carbons (Fsp3) is 0.400. The van der Waals surface area contributed by atoms with Gasteiger partial charge in [-0.25, -0.2) is 0 Å². The molecule has 0 aliphatic rings. The average Bonchev–Trinajstić information content (AvgIpc) is 2.29. The molecule has 0 aromatic heterocycles. The third-order valence-electron chi connectivity index (χ3n) is 2.70. The van der Waals surface area contributed by atoms with Crippen molar-refractivity contribution in [1.82, 2.24) is 0 Å². The topological polar surface area (TPSA) is 12.4 Å². The first kappa shape index (κ1) is 12.7. The minimum atomic E-state index is 1.07. The molecule has 0 spiro atoms. The number of nitrogens with zero attached hydrogens (tertiary/aromatic N) is 1. The largest absolute Gasteiger partial charge is 0.293 e. The Bertz CT molecular complexity index is 400. The maximum atomic E-state index is 4.15. The molecule has 0 fully saturated rings. The van der Waals surface area contributed by atoms with Gasteiger partial charge in [-0.3, -0.25) is 4.99 Å². The molecule has 0 radical (unpaired) electrons. The first-order valence-electron chi connectivity index (χ1n) is 5.88. The molecule has 86 valence electrons. The minimum absolute atomic E-state index is 1.07. The van der Waals surface area contributed by atoms with Gasteiger partial charge in [0.1, 0.15) is 0 Å². The number of allylic oxidation sites excluding steroid dienone is 2. The molecule has 0 unspecified atom stereocenters. The number of aryl methyl sites for hydroxylation is 1. The van der Waals surface area contributed by atoms with Gasteiger partial charge in [0, 0.05) is 12.8 Å². The highest BCUT2D eigenvalue weighted by Crippen LogP contribution is 2.16. The summed E-state index contributed by atoms with van der Waals surface area (Å²) in [5.74, 6) is 0. The van der Waals surface area contributed by atoms with Crippen molar-refractivity contribution < 1.29 is 0 Å². The Kier molecular flexibility index (Phi) is 4.97. The van der Waals surface area contributed by atoms with E-state index in [4.69, 9.17) is 0 Å². The van der Waals surface area contributed by atoms with E-state index in [1.165, 1.54) is 23.1 Å². The van der Waals surface area contributed by atoms with E-state index in [9.17, 15) is 0 Å². The van der Waals surface area contributed by atoms with E-state index in [1.54, 1.807) is 0 Å². The molecule has 1 nitrogen and oxygen atoms in total. The molecule has 0 bridgehead atoms. The Morgan fingerprint density at radius 1 is 1.31 bits per heavy atom. The van der Waals surface area contributed by atoms with Crippen LogP contribution in [0.1, 0.15) is 38.3 Å². The second kappa shape index (κ2) is 6.26. The summed E-state index contributed by atoms with van der Waals surface area (Å²) in [7, 11) is 1.83. The lowest BCUT2D eigenvalue weighted by Gasteiger charge is -2.05. The van der Waals surface area contributed by atoms with Crippen LogP contribution in [0, 0.1) is 0 Å². The van der Waals surface area contributed by atoms with Crippen molar-refractivity contribution in [3.63, 3.8) is 0 Å². The molecule has 1 aromatic rings. The van der Waals surface area contributed by atoms with Crippen LogP contribution < -0.4 is 0 Å². The van der Waals surface area contributed by atoms with Crippen LogP contribution in [0.25, 0.3) is 5.57 Å². The van der Waals surface area contributed by atoms with E-state index in [0.29, 0.717) is 0 Å². The third kappa shape index (κ3) is 3.65. The molecule has 0 saturated carbocycles. The zero-order valence-corrected chi connectivity index (χ0v) is 10.7. The summed E-state index contributed by atoms with van der Waals surface area (Å²) in [5, 5.41) is 0. The van der Waals surface area contributed by atoms with E-state index < -0.39 is 0 Å². The van der Waals surface area contributed by atoms with Gasteiger partial charge in [0.2, 0.25) is 0 Å². The molecule has 0 heterocycles. The van der Waals surface area contributed by atoms with Gasteiger partial charge in [-0.1, -0.05) is 37.6 Å². The summed E-state index contributed by atoms with van der Waals surface area (Å²) in [6.07, 6.45) is 4.48. The highest BCUT2D eigenvalue weighted by molar-refractivity contribution is 5.98. The van der Waals surface area contributed by atoms with E-state index >= 15 is 0 Å². The van der Waals surface area contributed by atoms with Gasteiger partial charge in [-0.05, 0) is 43.0 Å². The van der Waals surface area contributed by atoms with Gasteiger partial charge in [-0.2, -0.15) is 0 Å². The van der Waals surface area contributed by atoms with Crippen LogP contribution in [0.3, 0.4) is 0 Å². The highest BCUT2D eigenvalue weighted by atomic mass is 14.7. The molecular weight excluding hydrogens is 194 g/mol. The first-order chi connectivity index (χ1) is 7.67. The van der Waals surface area contributed by atoms with E-state index in [-0.39, 0.29) is 0 Å². The predicted molar refractivity (Wildman–Crippen MR) is 73.1 cm³/mol. The van der Waals surface area contributed by atoms with Gasteiger partial charge in [0.15, 0.2) is 0 Å². The fourth-order valence-electron chi connectivity index (χ4n) is 1.72. The molecule has 0 atom stereocenters. The van der Waals surface area contributed by atoms with Crippen molar-refractivity contribution in [1.29, 1.82) is 0 Å². The Labute approximate surface area is 98.9 Å². The maximum Gasteiger partial charge on any atom is 0.0316 e. The SMILES string of the molecule is CCCc1cccc(/C(C)=C/C(C)=N\C)c1. The molecule has 0 amide bonds. The van der Waals surface area contributed by atoms with E-state index in [0.717, 1.165) is 12.1 Å². The number of aliphatic imine (C=N–C) groups is 1. The van der Waals surface area contributed by atoms with Crippen molar-refractivity contribution in [2.24, 2.45) is 4.99 Å². The monoisotopic (exact) mass is 215 g/mol. The molecule has 0 aliphatic carbocycles. The third-order valence-corrected chi connectivity index (χ3v) is 2.70. The number of hydrogen-bond donors (Lipinski definition) is 0. The predicted octanol–water partition coefficient (Wildman–Crippen LogP) is 4.13. The maximum absolute atomic E-state index is 4.15. The summed E-state index contributed by atoms with van der Waals surface area (Å²) < 4.78 is 0. The standard InChI is InChI=1S/C15H21N/c1-5-7-14-8-6-9-15(11-14)12(2)10-13(3)16-4/h6,8-11H,5,7H2,1-4H3/b12-10+,16-13-. The van der Waals surface area contributed by atoms with Gasteiger partial charge in [0.25, 0.3) is 0 Å². The van der Waals surface area contributed by atoms with E-state index in [1.807, 2.05) is 14.0 Å². The fourth-order valence-corrected chi connectivity index (χ4v) is 1.72. The quantitative estimate of drug-likeness (QED) is 0.670. The lowest BCUT2D eigenvalue weighted by atomic mass is 10.0. The second-order valence-electron chi connectivity index (χ2n) is 4.14. The van der Waals surface area contributed by atoms with Crippen LogP contribution in [0.5, 0.6) is 0 Å². The van der Waals surface area contributed by atoms with Crippen molar-refractivity contribution in [3.05, 3.63) is 41.5 Å². The number of hydrogen-bond acceptors (Lipinski definition) is 1. The van der Waals surface area contributed by atoms with Crippen LogP contribution in [-0.2, 0) is 6.42 Å². The van der Waals surface area contributed by atoms with Gasteiger partial charge in [-0.15, -0.1) is 0 Å².